The van der Waals surface area contributed by atoms with E-state index >= 15 is 0 Å². The van der Waals surface area contributed by atoms with Crippen LogP contribution in [-0.4, -0.2) is 46.8 Å². The second kappa shape index (κ2) is 8.12. The summed E-state index contributed by atoms with van der Waals surface area (Å²) in [6.45, 7) is 7.09. The molecule has 0 fully saturated rings. The van der Waals surface area contributed by atoms with Gasteiger partial charge in [-0.2, -0.15) is 5.10 Å². The number of rotatable bonds is 6. The number of nitrogens with one attached hydrogen (secondary N) is 1. The number of hydrogen-bond donors (Lipinski definition) is 1. The Labute approximate surface area is 132 Å². The quantitative estimate of drug-likeness (QED) is 0.886. The summed E-state index contributed by atoms with van der Waals surface area (Å²) in [5.74, 6) is 0.872. The van der Waals surface area contributed by atoms with Crippen molar-refractivity contribution >= 4 is 12.4 Å². The van der Waals surface area contributed by atoms with Crippen molar-refractivity contribution < 1.29 is 0 Å². The first kappa shape index (κ1) is 17.6. The van der Waals surface area contributed by atoms with Crippen molar-refractivity contribution in [3.8, 4) is 5.82 Å². The number of aromatic nitrogens is 3. The van der Waals surface area contributed by atoms with Gasteiger partial charge in [0.05, 0.1) is 5.69 Å². The Morgan fingerprint density at radius 1 is 1.29 bits per heavy atom. The summed E-state index contributed by atoms with van der Waals surface area (Å²) in [4.78, 5) is 6.67. The molecule has 21 heavy (non-hydrogen) atoms. The van der Waals surface area contributed by atoms with Crippen LogP contribution in [0.4, 0.5) is 0 Å². The van der Waals surface area contributed by atoms with Crippen molar-refractivity contribution in [2.75, 3.05) is 27.2 Å². The van der Waals surface area contributed by atoms with E-state index in [4.69, 9.17) is 0 Å². The fourth-order valence-electron chi connectivity index (χ4n) is 2.26. The second-order valence-corrected chi connectivity index (χ2v) is 5.09. The molecule has 0 saturated carbocycles. The van der Waals surface area contributed by atoms with E-state index in [0.29, 0.717) is 0 Å². The van der Waals surface area contributed by atoms with Gasteiger partial charge in [-0.15, -0.1) is 12.4 Å². The Bertz CT molecular complexity index is 553. The lowest BCUT2D eigenvalue weighted by atomic mass is 10.2. The molecule has 0 amide bonds. The third-order valence-electron chi connectivity index (χ3n) is 3.48. The largest absolute Gasteiger partial charge is 0.318 e. The monoisotopic (exact) mass is 309 g/mol. The number of likely N-dealkylation sites (N-methyl/N-ethyl adjacent to an activating group) is 2. The number of halogens is 1. The molecule has 2 heterocycles. The van der Waals surface area contributed by atoms with E-state index < -0.39 is 0 Å². The van der Waals surface area contributed by atoms with Gasteiger partial charge in [0.25, 0.3) is 0 Å². The Balaban J connectivity index is 0.00000220. The highest BCUT2D eigenvalue weighted by atomic mass is 35.5. The van der Waals surface area contributed by atoms with Crippen molar-refractivity contribution in [1.82, 2.24) is 25.0 Å². The van der Waals surface area contributed by atoms with E-state index in [0.717, 1.165) is 36.8 Å². The highest BCUT2D eigenvalue weighted by Crippen LogP contribution is 2.17. The fourth-order valence-corrected chi connectivity index (χ4v) is 2.26. The zero-order valence-electron chi connectivity index (χ0n) is 13.1. The third-order valence-corrected chi connectivity index (χ3v) is 3.48. The molecule has 6 heteroatoms. The molecule has 5 nitrogen and oxygen atoms in total. The van der Waals surface area contributed by atoms with Crippen LogP contribution in [-0.2, 0) is 6.54 Å². The summed E-state index contributed by atoms with van der Waals surface area (Å²) in [7, 11) is 4.11. The van der Waals surface area contributed by atoms with Gasteiger partial charge in [-0.05, 0) is 40.1 Å². The van der Waals surface area contributed by atoms with Crippen molar-refractivity contribution in [1.29, 1.82) is 0 Å². The lowest BCUT2D eigenvalue weighted by Crippen LogP contribution is -2.27. The summed E-state index contributed by atoms with van der Waals surface area (Å²) >= 11 is 0. The summed E-state index contributed by atoms with van der Waals surface area (Å²) in [6.07, 6.45) is 1.80. The molecule has 0 saturated heterocycles. The Kier molecular flexibility index (Phi) is 6.81. The average molecular weight is 310 g/mol. The van der Waals surface area contributed by atoms with Gasteiger partial charge >= 0.3 is 0 Å². The van der Waals surface area contributed by atoms with Crippen LogP contribution >= 0.6 is 12.4 Å². The normalized spacial score (nSPS) is 10.7. The van der Waals surface area contributed by atoms with Crippen LogP contribution in [0.25, 0.3) is 5.82 Å². The molecule has 2 aromatic heterocycles. The maximum absolute atomic E-state index is 4.63. The summed E-state index contributed by atoms with van der Waals surface area (Å²) < 4.78 is 1.93. The van der Waals surface area contributed by atoms with Gasteiger partial charge in [-0.25, -0.2) is 9.67 Å². The SMILES string of the molecule is CNCCN(C)Cc1c(C)nn(-c2ccccn2)c1C.Cl. The van der Waals surface area contributed by atoms with Crippen LogP contribution in [0.15, 0.2) is 24.4 Å². The highest BCUT2D eigenvalue weighted by Gasteiger charge is 2.14. The minimum atomic E-state index is 0. The van der Waals surface area contributed by atoms with Crippen LogP contribution in [0.2, 0.25) is 0 Å². The van der Waals surface area contributed by atoms with Gasteiger partial charge in [0, 0.05) is 37.1 Å². The lowest BCUT2D eigenvalue weighted by molar-refractivity contribution is 0.327. The molecular formula is C15H24ClN5. The number of nitrogens with zero attached hydrogens (tertiary/aromatic N) is 4. The van der Waals surface area contributed by atoms with Crippen molar-refractivity contribution in [2.45, 2.75) is 20.4 Å². The minimum Gasteiger partial charge on any atom is -0.318 e. The molecule has 0 aromatic carbocycles. The molecule has 2 rings (SSSR count). The molecule has 0 bridgehead atoms. The smallest absolute Gasteiger partial charge is 0.153 e. The molecule has 116 valence electrons. The zero-order valence-corrected chi connectivity index (χ0v) is 13.9. The van der Waals surface area contributed by atoms with Crippen molar-refractivity contribution in [2.24, 2.45) is 0 Å². The molecule has 2 aromatic rings. The number of aryl methyl sites for hydroxylation is 1. The van der Waals surface area contributed by atoms with E-state index in [1.807, 2.05) is 29.9 Å². The molecule has 0 aliphatic rings. The first-order valence-electron chi connectivity index (χ1n) is 6.93. The second-order valence-electron chi connectivity index (χ2n) is 5.09. The van der Waals surface area contributed by atoms with Gasteiger partial charge in [-0.1, -0.05) is 6.07 Å². The molecule has 0 atom stereocenters. The predicted octanol–water partition coefficient (Wildman–Crippen LogP) is 1.96. The Hall–Kier alpha value is -1.43. The first-order chi connectivity index (χ1) is 9.63. The van der Waals surface area contributed by atoms with E-state index in [1.165, 1.54) is 5.56 Å². The number of pyridine rings is 1. The van der Waals surface area contributed by atoms with Crippen molar-refractivity contribution in [3.05, 3.63) is 41.3 Å². The van der Waals surface area contributed by atoms with Crippen LogP contribution in [0, 0.1) is 13.8 Å². The van der Waals surface area contributed by atoms with Crippen LogP contribution < -0.4 is 5.32 Å². The third kappa shape index (κ3) is 4.27. The Morgan fingerprint density at radius 2 is 2.05 bits per heavy atom. The molecular weight excluding hydrogens is 286 g/mol. The van der Waals surface area contributed by atoms with Gasteiger partial charge in [0.15, 0.2) is 5.82 Å². The Morgan fingerprint density at radius 3 is 2.67 bits per heavy atom. The maximum atomic E-state index is 4.63. The zero-order chi connectivity index (χ0) is 14.5. The lowest BCUT2D eigenvalue weighted by Gasteiger charge is -2.16. The van der Waals surface area contributed by atoms with Gasteiger partial charge < -0.3 is 10.2 Å². The average Bonchev–Trinajstić information content (AvgIpc) is 2.74. The molecule has 0 unspecified atom stereocenters. The molecule has 0 spiro atoms. The van der Waals surface area contributed by atoms with Crippen LogP contribution in [0.1, 0.15) is 17.0 Å². The summed E-state index contributed by atoms with van der Waals surface area (Å²) in [5.41, 5.74) is 3.52. The van der Waals surface area contributed by atoms with Crippen LogP contribution in [0.5, 0.6) is 0 Å². The fraction of sp³-hybridized carbons (Fsp3) is 0.467. The first-order valence-corrected chi connectivity index (χ1v) is 6.93. The van der Waals surface area contributed by atoms with E-state index in [1.54, 1.807) is 6.20 Å². The van der Waals surface area contributed by atoms with Gasteiger partial charge in [0.1, 0.15) is 0 Å². The van der Waals surface area contributed by atoms with E-state index in [-0.39, 0.29) is 12.4 Å². The van der Waals surface area contributed by atoms with Crippen LogP contribution in [0.3, 0.4) is 0 Å². The van der Waals surface area contributed by atoms with E-state index in [2.05, 4.69) is 41.2 Å². The topological polar surface area (TPSA) is 46.0 Å². The predicted molar refractivity (Wildman–Crippen MR) is 88.3 cm³/mol. The van der Waals surface area contributed by atoms with E-state index in [9.17, 15) is 0 Å². The van der Waals surface area contributed by atoms with Crippen molar-refractivity contribution in [3.63, 3.8) is 0 Å². The van der Waals surface area contributed by atoms with Gasteiger partial charge in [-0.3, -0.25) is 0 Å². The summed E-state index contributed by atoms with van der Waals surface area (Å²) in [6, 6.07) is 5.88. The molecule has 1 N–H and O–H groups in total. The van der Waals surface area contributed by atoms with Gasteiger partial charge in [0.2, 0.25) is 0 Å². The minimum absolute atomic E-state index is 0. The standard InChI is InChI=1S/C15H23N5.ClH/c1-12-14(11-19(4)10-9-16-3)13(2)20(18-12)15-7-5-6-8-17-15;/h5-8,16H,9-11H2,1-4H3;1H. The highest BCUT2D eigenvalue weighted by molar-refractivity contribution is 5.85. The molecule has 0 radical (unpaired) electrons. The maximum Gasteiger partial charge on any atom is 0.153 e. The molecule has 0 aliphatic heterocycles. The summed E-state index contributed by atoms with van der Waals surface area (Å²) in [5, 5.41) is 7.80. The molecule has 0 aliphatic carbocycles. The number of hydrogen-bond acceptors (Lipinski definition) is 4.